The van der Waals surface area contributed by atoms with Gasteiger partial charge >= 0.3 is 0 Å². The number of thiazole rings is 1. The van der Waals surface area contributed by atoms with E-state index in [1.54, 1.807) is 11.4 Å². The first-order chi connectivity index (χ1) is 12.9. The number of phenols is 1. The molecule has 0 aliphatic heterocycles. The maximum atomic E-state index is 12.3. The SMILES string of the molecule is COc1cccc(C(=O)Nc2ccc([S+](=O)([O-])Nc3nccs3)cc2)c1O. The Morgan fingerprint density at radius 3 is 2.63 bits per heavy atom. The Morgan fingerprint density at radius 1 is 1.26 bits per heavy atom. The van der Waals surface area contributed by atoms with Crippen LogP contribution in [-0.4, -0.2) is 27.7 Å². The summed E-state index contributed by atoms with van der Waals surface area (Å²) in [5.74, 6) is -0.649. The van der Waals surface area contributed by atoms with Gasteiger partial charge in [-0.3, -0.25) is 4.79 Å². The number of aromatic hydroxyl groups is 1. The molecule has 1 atom stereocenters. The highest BCUT2D eigenvalue weighted by molar-refractivity contribution is 7.99. The minimum atomic E-state index is -3.77. The van der Waals surface area contributed by atoms with Crippen LogP contribution in [0.15, 0.2) is 58.9 Å². The molecule has 3 aromatic rings. The number of nitrogens with one attached hydrogen (secondary N) is 2. The summed E-state index contributed by atoms with van der Waals surface area (Å²) in [6.07, 6.45) is 1.50. The van der Waals surface area contributed by atoms with Crippen molar-refractivity contribution >= 4 is 38.5 Å². The molecule has 0 fully saturated rings. The van der Waals surface area contributed by atoms with Gasteiger partial charge < -0.3 is 19.7 Å². The number of amides is 1. The molecule has 1 unspecified atom stereocenters. The minimum absolute atomic E-state index is 0.0277. The lowest BCUT2D eigenvalue weighted by atomic mass is 10.1. The molecule has 0 saturated heterocycles. The van der Waals surface area contributed by atoms with Crippen LogP contribution in [0.2, 0.25) is 0 Å². The Balaban J connectivity index is 1.74. The molecule has 0 saturated carbocycles. The fourth-order valence-corrected chi connectivity index (χ4v) is 4.02. The van der Waals surface area contributed by atoms with Gasteiger partial charge in [0.05, 0.1) is 12.7 Å². The van der Waals surface area contributed by atoms with Crippen LogP contribution < -0.4 is 14.8 Å². The number of ether oxygens (including phenoxy) is 1. The van der Waals surface area contributed by atoms with Crippen LogP contribution in [-0.2, 0) is 14.6 Å². The summed E-state index contributed by atoms with van der Waals surface area (Å²) in [6.45, 7) is 0. The number of para-hydroxylation sites is 1. The summed E-state index contributed by atoms with van der Waals surface area (Å²) in [7, 11) is -2.38. The van der Waals surface area contributed by atoms with Crippen molar-refractivity contribution in [2.75, 3.05) is 17.1 Å². The zero-order valence-electron chi connectivity index (χ0n) is 14.0. The van der Waals surface area contributed by atoms with Crippen molar-refractivity contribution in [1.29, 1.82) is 0 Å². The highest BCUT2D eigenvalue weighted by Gasteiger charge is 2.22. The van der Waals surface area contributed by atoms with Gasteiger partial charge in [-0.15, -0.1) is 11.3 Å². The molecule has 1 amide bonds. The van der Waals surface area contributed by atoms with Gasteiger partial charge in [0.15, 0.2) is 26.8 Å². The Kier molecular flexibility index (Phi) is 5.40. The smallest absolute Gasteiger partial charge is 0.259 e. The number of anilines is 2. The predicted molar refractivity (Wildman–Crippen MR) is 102 cm³/mol. The minimum Gasteiger partial charge on any atom is -0.588 e. The second-order valence-electron chi connectivity index (χ2n) is 5.28. The molecule has 0 aliphatic rings. The van der Waals surface area contributed by atoms with Gasteiger partial charge in [0, 0.05) is 17.3 Å². The highest BCUT2D eigenvalue weighted by Crippen LogP contribution is 2.30. The van der Waals surface area contributed by atoms with Crippen LogP contribution in [0.1, 0.15) is 10.4 Å². The molecule has 0 spiro atoms. The van der Waals surface area contributed by atoms with Crippen molar-refractivity contribution in [2.45, 2.75) is 4.90 Å². The van der Waals surface area contributed by atoms with Crippen LogP contribution >= 0.6 is 11.3 Å². The average Bonchev–Trinajstić information content (AvgIpc) is 3.14. The fourth-order valence-electron chi connectivity index (χ4n) is 2.23. The number of carbonyl (C=O) groups excluding carboxylic acids is 1. The van der Waals surface area contributed by atoms with E-state index in [4.69, 9.17) is 4.74 Å². The molecule has 0 aliphatic carbocycles. The fraction of sp³-hybridized carbons (Fsp3) is 0.0588. The number of nitrogens with zero attached hydrogens (tertiary/aromatic N) is 1. The van der Waals surface area contributed by atoms with E-state index in [2.05, 4.69) is 15.0 Å². The third-order valence-electron chi connectivity index (χ3n) is 3.54. The lowest BCUT2D eigenvalue weighted by molar-refractivity contribution is 0.102. The summed E-state index contributed by atoms with van der Waals surface area (Å²) in [6, 6.07) is 10.2. The second-order valence-corrected chi connectivity index (χ2v) is 7.85. The molecule has 27 heavy (non-hydrogen) atoms. The van der Waals surface area contributed by atoms with Gasteiger partial charge in [-0.2, -0.15) is 4.72 Å². The average molecular weight is 405 g/mol. The molecule has 0 radical (unpaired) electrons. The molecule has 0 bridgehead atoms. The van der Waals surface area contributed by atoms with E-state index in [-0.39, 0.29) is 27.1 Å². The Bertz CT molecular complexity index is 990. The van der Waals surface area contributed by atoms with Crippen molar-refractivity contribution < 1.29 is 23.4 Å². The van der Waals surface area contributed by atoms with Gasteiger partial charge in [0.2, 0.25) is 5.13 Å². The molecule has 140 valence electrons. The van der Waals surface area contributed by atoms with E-state index in [9.17, 15) is 18.7 Å². The standard InChI is InChI=1S/C17H15N3O5S2/c1-25-14-4-2-3-13(15(14)21)16(22)19-11-5-7-12(8-6-11)27(23,24)20-17-18-9-10-26-17/h2-10H,1H3,(H3-,18,19,20,21,22,23,24). The summed E-state index contributed by atoms with van der Waals surface area (Å²) in [5.41, 5.74) is 0.409. The van der Waals surface area contributed by atoms with Gasteiger partial charge in [-0.1, -0.05) is 10.3 Å². The Labute approximate surface area is 160 Å². The van der Waals surface area contributed by atoms with Crippen molar-refractivity contribution in [3.63, 3.8) is 0 Å². The van der Waals surface area contributed by atoms with Crippen molar-refractivity contribution in [3.05, 3.63) is 59.6 Å². The first-order valence-corrected chi connectivity index (χ1v) is 9.96. The molecule has 3 N–H and O–H groups in total. The Morgan fingerprint density at radius 2 is 2.00 bits per heavy atom. The van der Waals surface area contributed by atoms with Gasteiger partial charge in [-0.05, 0) is 36.4 Å². The highest BCUT2D eigenvalue weighted by atomic mass is 32.3. The molecular weight excluding hydrogens is 390 g/mol. The number of benzene rings is 2. The van der Waals surface area contributed by atoms with Crippen LogP contribution in [0.3, 0.4) is 0 Å². The number of phenolic OH excluding ortho intramolecular Hbond substituents is 1. The predicted octanol–water partition coefficient (Wildman–Crippen LogP) is 3.13. The van der Waals surface area contributed by atoms with Gasteiger partial charge in [-0.25, -0.2) is 4.98 Å². The third-order valence-corrected chi connectivity index (χ3v) is 5.71. The molecular formula is C17H15N3O5S2. The normalized spacial score (nSPS) is 12.8. The maximum Gasteiger partial charge on any atom is 0.259 e. The summed E-state index contributed by atoms with van der Waals surface area (Å²) >= 11 is 1.17. The number of sulfonamides is 1. The molecule has 8 nitrogen and oxygen atoms in total. The summed E-state index contributed by atoms with van der Waals surface area (Å²) in [4.78, 5) is 16.2. The monoisotopic (exact) mass is 405 g/mol. The molecule has 10 heteroatoms. The molecule has 1 heterocycles. The topological polar surface area (TPSA) is 124 Å². The first kappa shape index (κ1) is 18.8. The zero-order valence-corrected chi connectivity index (χ0v) is 15.7. The molecule has 2 aromatic carbocycles. The number of hydrogen-bond donors (Lipinski definition) is 3. The summed E-state index contributed by atoms with van der Waals surface area (Å²) in [5, 5.41) is 14.5. The number of methoxy groups -OCH3 is 1. The van der Waals surface area contributed by atoms with Gasteiger partial charge in [0.25, 0.3) is 5.91 Å². The van der Waals surface area contributed by atoms with E-state index in [0.29, 0.717) is 5.69 Å². The lowest BCUT2D eigenvalue weighted by Crippen LogP contribution is -2.21. The van der Waals surface area contributed by atoms with Gasteiger partial charge in [0.1, 0.15) is 0 Å². The van der Waals surface area contributed by atoms with Crippen LogP contribution in [0.25, 0.3) is 0 Å². The molecule has 3 rings (SSSR count). The quantitative estimate of drug-likeness (QED) is 0.541. The van der Waals surface area contributed by atoms with E-state index in [0.717, 1.165) is 0 Å². The number of hydrogen-bond acceptors (Lipinski definition) is 7. The van der Waals surface area contributed by atoms with Crippen molar-refractivity contribution in [1.82, 2.24) is 4.98 Å². The van der Waals surface area contributed by atoms with Crippen LogP contribution in [0.5, 0.6) is 11.5 Å². The van der Waals surface area contributed by atoms with Crippen LogP contribution in [0.4, 0.5) is 10.8 Å². The summed E-state index contributed by atoms with van der Waals surface area (Å²) < 4.78 is 31.9. The number of carbonyl (C=O) groups is 1. The molecule has 1 aromatic heterocycles. The maximum absolute atomic E-state index is 12.3. The van der Waals surface area contributed by atoms with E-state index < -0.39 is 16.3 Å². The van der Waals surface area contributed by atoms with Crippen molar-refractivity contribution in [3.8, 4) is 11.5 Å². The van der Waals surface area contributed by atoms with E-state index in [1.807, 2.05) is 0 Å². The number of rotatable bonds is 6. The van der Waals surface area contributed by atoms with Crippen LogP contribution in [0, 0.1) is 0 Å². The first-order valence-electron chi connectivity index (χ1n) is 7.60. The largest absolute Gasteiger partial charge is 0.588 e. The van der Waals surface area contributed by atoms with E-state index >= 15 is 0 Å². The number of aromatic nitrogens is 1. The Hall–Kier alpha value is -2.95. The van der Waals surface area contributed by atoms with E-state index in [1.165, 1.54) is 61.0 Å². The van der Waals surface area contributed by atoms with Crippen molar-refractivity contribution in [2.24, 2.45) is 0 Å². The zero-order chi connectivity index (χ0) is 19.4. The third kappa shape index (κ3) is 4.25. The lowest BCUT2D eigenvalue weighted by Gasteiger charge is -2.14. The second kappa shape index (κ2) is 7.74.